The molecule has 4 fully saturated rings. The molecule has 0 spiro atoms. The van der Waals surface area contributed by atoms with Crippen LogP contribution in [0.25, 0.3) is 5.52 Å². The van der Waals surface area contributed by atoms with E-state index in [9.17, 15) is 18.0 Å². The minimum atomic E-state index is -4.53. The minimum absolute atomic E-state index is 0.0289. The molecule has 2 aliphatic carbocycles. The number of hydrazine groups is 1. The first-order valence-corrected chi connectivity index (χ1v) is 14.8. The number of pyridine rings is 1. The lowest BCUT2D eigenvalue weighted by Crippen LogP contribution is -2.60. The maximum atomic E-state index is 14.3. The minimum Gasteiger partial charge on any atom is -0.299 e. The van der Waals surface area contributed by atoms with Crippen molar-refractivity contribution in [3.63, 3.8) is 0 Å². The number of halogens is 3. The Hall–Kier alpha value is -1.88. The summed E-state index contributed by atoms with van der Waals surface area (Å²) in [4.78, 5) is 18.3. The number of fused-ring (bicyclic) bond motifs is 1. The average Bonchev–Trinajstić information content (AvgIpc) is 3.44. The smallest absolute Gasteiger partial charge is 0.299 e. The summed E-state index contributed by atoms with van der Waals surface area (Å²) in [6.45, 7) is 7.46. The van der Waals surface area contributed by atoms with Crippen LogP contribution in [0.3, 0.4) is 0 Å². The van der Waals surface area contributed by atoms with E-state index in [-0.39, 0.29) is 28.8 Å². The Bertz CT molecular complexity index is 1250. The van der Waals surface area contributed by atoms with Crippen molar-refractivity contribution in [2.45, 2.75) is 90.1 Å². The van der Waals surface area contributed by atoms with E-state index in [2.05, 4.69) is 41.5 Å². The normalized spacial score (nSPS) is 35.0. The summed E-state index contributed by atoms with van der Waals surface area (Å²) in [5.41, 5.74) is 6.37. The van der Waals surface area contributed by atoms with E-state index in [1.165, 1.54) is 16.7 Å². The van der Waals surface area contributed by atoms with Gasteiger partial charge in [-0.2, -0.15) is 13.2 Å². The molecule has 0 aromatic carbocycles. The third-order valence-corrected chi connectivity index (χ3v) is 10.2. The lowest BCUT2D eigenvalue weighted by Gasteiger charge is -2.57. The number of nitrogens with zero attached hydrogens (tertiary/aromatic N) is 4. The molecule has 2 aromatic rings. The summed E-state index contributed by atoms with van der Waals surface area (Å²) in [5.74, 6) is 1.61. The zero-order valence-electron chi connectivity index (χ0n) is 23.4. The van der Waals surface area contributed by atoms with Gasteiger partial charge < -0.3 is 0 Å². The molecule has 2 N–H and O–H groups in total. The van der Waals surface area contributed by atoms with Gasteiger partial charge in [0, 0.05) is 36.9 Å². The highest BCUT2D eigenvalue weighted by Gasteiger charge is 2.55. The molecule has 2 aromatic heterocycles. The average molecular weight is 549 g/mol. The van der Waals surface area contributed by atoms with Crippen molar-refractivity contribution in [2.75, 3.05) is 26.8 Å². The predicted octanol–water partition coefficient (Wildman–Crippen LogP) is 4.82. The maximum Gasteiger partial charge on any atom is 0.418 e. The van der Waals surface area contributed by atoms with Gasteiger partial charge in [-0.05, 0) is 87.9 Å². The summed E-state index contributed by atoms with van der Waals surface area (Å²) in [6, 6.07) is 1.18. The Morgan fingerprint density at radius 1 is 1.08 bits per heavy atom. The molecule has 0 bridgehead atoms. The number of aromatic nitrogens is 2. The monoisotopic (exact) mass is 548 g/mol. The summed E-state index contributed by atoms with van der Waals surface area (Å²) < 4.78 is 45.7. The molecular formula is C29H43F3N6O. The summed E-state index contributed by atoms with van der Waals surface area (Å²) in [7, 11) is 2.13. The van der Waals surface area contributed by atoms with Gasteiger partial charge >= 0.3 is 11.9 Å². The molecule has 2 saturated carbocycles. The van der Waals surface area contributed by atoms with Gasteiger partial charge in [0.05, 0.1) is 23.9 Å². The predicted molar refractivity (Wildman–Crippen MR) is 145 cm³/mol. The first kappa shape index (κ1) is 27.3. The van der Waals surface area contributed by atoms with Crippen molar-refractivity contribution in [1.82, 2.24) is 29.6 Å². The second kappa shape index (κ2) is 10.2. The molecule has 4 heterocycles. The third-order valence-electron chi connectivity index (χ3n) is 10.2. The maximum absolute atomic E-state index is 14.3. The molecule has 7 nitrogen and oxygen atoms in total. The van der Waals surface area contributed by atoms with Crippen LogP contribution in [0.5, 0.6) is 0 Å². The van der Waals surface area contributed by atoms with Crippen LogP contribution in [-0.2, 0) is 12.7 Å². The van der Waals surface area contributed by atoms with Gasteiger partial charge in [-0.25, -0.2) is 15.6 Å². The quantitative estimate of drug-likeness (QED) is 0.561. The number of hydrogen-bond acceptors (Lipinski definition) is 5. The third kappa shape index (κ3) is 4.96. The van der Waals surface area contributed by atoms with E-state index >= 15 is 0 Å². The summed E-state index contributed by atoms with van der Waals surface area (Å²) >= 11 is 0. The van der Waals surface area contributed by atoms with Crippen LogP contribution in [0.4, 0.5) is 13.2 Å². The number of rotatable bonds is 5. The number of alkyl halides is 3. The molecular weight excluding hydrogens is 505 g/mol. The Morgan fingerprint density at radius 3 is 2.54 bits per heavy atom. The van der Waals surface area contributed by atoms with Crippen molar-refractivity contribution >= 4 is 5.52 Å². The van der Waals surface area contributed by atoms with Gasteiger partial charge in [0.1, 0.15) is 0 Å². The second-order valence-corrected chi connectivity index (χ2v) is 13.2. The Kier molecular flexibility index (Phi) is 7.13. The van der Waals surface area contributed by atoms with E-state index in [0.717, 1.165) is 71.1 Å². The van der Waals surface area contributed by atoms with Crippen LogP contribution in [0.15, 0.2) is 23.3 Å². The summed E-state index contributed by atoms with van der Waals surface area (Å²) in [6.07, 6.45) is 7.07. The lowest BCUT2D eigenvalue weighted by molar-refractivity contribution is -0.136. The van der Waals surface area contributed by atoms with Gasteiger partial charge in [-0.3, -0.25) is 18.8 Å². The van der Waals surface area contributed by atoms with Crippen LogP contribution in [0.2, 0.25) is 0 Å². The highest BCUT2D eigenvalue weighted by molar-refractivity contribution is 5.56. The SMILES string of the molecule is CC1CC(C2CCCC(n3cc4c(C(F)(F)F)cc(CN5CCC[C@H](C)C5)cn4c3=O)C2)(C2NNCN2C)C1. The molecule has 3 unspecified atom stereocenters. The molecule has 6 rings (SSSR count). The van der Waals surface area contributed by atoms with Gasteiger partial charge in [0.15, 0.2) is 0 Å². The number of nitrogens with one attached hydrogen (secondary N) is 2. The molecule has 0 radical (unpaired) electrons. The fraction of sp³-hybridized carbons (Fsp3) is 0.759. The first-order valence-electron chi connectivity index (χ1n) is 14.8. The molecule has 4 atom stereocenters. The Labute approximate surface area is 228 Å². The molecule has 4 aliphatic rings. The summed E-state index contributed by atoms with van der Waals surface area (Å²) in [5, 5.41) is 0. The molecule has 0 amide bonds. The molecule has 2 aliphatic heterocycles. The fourth-order valence-electron chi connectivity index (χ4n) is 8.53. The number of hydrogen-bond donors (Lipinski definition) is 2. The van der Waals surface area contributed by atoms with Crippen LogP contribution in [-0.4, -0.2) is 51.7 Å². The van der Waals surface area contributed by atoms with Crippen molar-refractivity contribution in [2.24, 2.45) is 23.2 Å². The van der Waals surface area contributed by atoms with Gasteiger partial charge in [0.25, 0.3) is 0 Å². The first-order chi connectivity index (χ1) is 18.5. The van der Waals surface area contributed by atoms with Gasteiger partial charge in [-0.1, -0.05) is 20.3 Å². The van der Waals surface area contributed by atoms with E-state index in [1.54, 1.807) is 10.8 Å². The molecule has 39 heavy (non-hydrogen) atoms. The Balaban J connectivity index is 1.32. The second-order valence-electron chi connectivity index (χ2n) is 13.2. The fourth-order valence-corrected chi connectivity index (χ4v) is 8.53. The van der Waals surface area contributed by atoms with Crippen molar-refractivity contribution in [3.8, 4) is 0 Å². The Morgan fingerprint density at radius 2 is 1.87 bits per heavy atom. The zero-order chi connectivity index (χ0) is 27.5. The number of piperidine rings is 1. The lowest BCUT2D eigenvalue weighted by atomic mass is 9.51. The number of likely N-dealkylation sites (tertiary alicyclic amines) is 1. The van der Waals surface area contributed by atoms with E-state index in [1.807, 2.05) is 0 Å². The largest absolute Gasteiger partial charge is 0.418 e. The van der Waals surface area contributed by atoms with Gasteiger partial charge in [-0.15, -0.1) is 0 Å². The van der Waals surface area contributed by atoms with E-state index in [0.29, 0.717) is 29.9 Å². The molecule has 216 valence electrons. The number of imidazole rings is 1. The highest BCUT2D eigenvalue weighted by atomic mass is 19.4. The van der Waals surface area contributed by atoms with Crippen molar-refractivity contribution in [1.29, 1.82) is 0 Å². The van der Waals surface area contributed by atoms with Gasteiger partial charge in [0.2, 0.25) is 0 Å². The highest BCUT2D eigenvalue weighted by Crippen LogP contribution is 2.58. The zero-order valence-corrected chi connectivity index (χ0v) is 23.4. The topological polar surface area (TPSA) is 57.0 Å². The van der Waals surface area contributed by atoms with Crippen LogP contribution < -0.4 is 16.5 Å². The molecule has 2 saturated heterocycles. The van der Waals surface area contributed by atoms with Crippen LogP contribution in [0.1, 0.15) is 82.4 Å². The standard InChI is InChI=1S/C29H43F3N6O/c1-19-6-5-9-36(14-19)15-21-10-24(29(30,31)32)25-17-37(27(39)38(25)16-21)23-8-4-7-22(11-23)28(12-20(2)13-28)26-34-33-18-35(26)3/h10,16-17,19-20,22-23,26,33-34H,4-9,11-15,18H2,1-3H3/t19-,20?,22?,23?,26?,28?/m0/s1. The van der Waals surface area contributed by atoms with Crippen molar-refractivity contribution in [3.05, 3.63) is 40.1 Å². The van der Waals surface area contributed by atoms with E-state index < -0.39 is 11.7 Å². The van der Waals surface area contributed by atoms with E-state index in [4.69, 9.17) is 0 Å². The molecule has 10 heteroatoms. The van der Waals surface area contributed by atoms with Crippen molar-refractivity contribution < 1.29 is 13.2 Å². The van der Waals surface area contributed by atoms with Crippen LogP contribution in [0, 0.1) is 23.2 Å². The van der Waals surface area contributed by atoms with Crippen LogP contribution >= 0.6 is 0 Å².